The van der Waals surface area contributed by atoms with E-state index in [-0.39, 0.29) is 11.5 Å². The summed E-state index contributed by atoms with van der Waals surface area (Å²) in [6, 6.07) is 3.62. The van der Waals surface area contributed by atoms with Crippen LogP contribution in [0.25, 0.3) is 0 Å². The zero-order valence-electron chi connectivity index (χ0n) is 18.3. The minimum Gasteiger partial charge on any atom is -0.465 e. The Balaban J connectivity index is 1.57. The van der Waals surface area contributed by atoms with Crippen LogP contribution < -0.4 is 0 Å². The second kappa shape index (κ2) is 8.33. The smallest absolute Gasteiger partial charge is 0.417 e. The van der Waals surface area contributed by atoms with Crippen molar-refractivity contribution >= 4 is 12.1 Å². The molecule has 2 aliphatic rings. The van der Waals surface area contributed by atoms with E-state index in [4.69, 9.17) is 4.74 Å². The molecular formula is C22H29F3N2O4. The summed E-state index contributed by atoms with van der Waals surface area (Å²) in [5.74, 6) is -0.997. The molecule has 1 aromatic carbocycles. The molecular weight excluding hydrogens is 413 g/mol. The quantitative estimate of drug-likeness (QED) is 0.653. The lowest BCUT2D eigenvalue weighted by Gasteiger charge is -2.54. The summed E-state index contributed by atoms with van der Waals surface area (Å²) < 4.78 is 49.5. The fourth-order valence-electron chi connectivity index (χ4n) is 4.29. The molecule has 0 radical (unpaired) electrons. The molecule has 0 bridgehead atoms. The first kappa shape index (κ1) is 23.4. The number of hydrogen-bond acceptors (Lipinski definition) is 5. The zero-order chi connectivity index (χ0) is 23.0. The lowest BCUT2D eigenvalue weighted by atomic mass is 9.72. The van der Waals surface area contributed by atoms with Crippen LogP contribution in [-0.4, -0.2) is 60.8 Å². The number of hydrogen-bond donors (Lipinski definition) is 0. The van der Waals surface area contributed by atoms with Gasteiger partial charge in [0.25, 0.3) is 0 Å². The molecule has 0 N–H and O–H groups in total. The fourth-order valence-corrected chi connectivity index (χ4v) is 4.29. The number of carbonyl (C=O) groups excluding carboxylic acids is 2. The van der Waals surface area contributed by atoms with Gasteiger partial charge < -0.3 is 14.4 Å². The highest BCUT2D eigenvalue weighted by Gasteiger charge is 2.45. The van der Waals surface area contributed by atoms with Crippen LogP contribution in [0, 0.1) is 5.41 Å². The lowest BCUT2D eigenvalue weighted by molar-refractivity contribution is -0.138. The van der Waals surface area contributed by atoms with Gasteiger partial charge in [0.15, 0.2) is 0 Å². The topological polar surface area (TPSA) is 59.1 Å². The molecule has 2 heterocycles. The van der Waals surface area contributed by atoms with Crippen LogP contribution in [0.1, 0.15) is 55.1 Å². The molecule has 2 aliphatic heterocycles. The van der Waals surface area contributed by atoms with Gasteiger partial charge >= 0.3 is 18.2 Å². The van der Waals surface area contributed by atoms with Crippen LogP contribution in [0.4, 0.5) is 18.0 Å². The van der Waals surface area contributed by atoms with E-state index in [1.165, 1.54) is 12.1 Å². The van der Waals surface area contributed by atoms with Crippen molar-refractivity contribution < 1.29 is 32.2 Å². The van der Waals surface area contributed by atoms with Crippen molar-refractivity contribution in [2.45, 2.75) is 51.9 Å². The monoisotopic (exact) mass is 442 g/mol. The Labute approximate surface area is 180 Å². The zero-order valence-corrected chi connectivity index (χ0v) is 18.3. The molecule has 3 rings (SSSR count). The standard InChI is InChI=1S/C22H29F3N2O4/c1-20(2,3)31-19(29)27-9-7-21(8-10-27)13-26(14-21)12-15-5-6-17(22(23,24)25)16(11-15)18(28)30-4/h5-6,11H,7-10,12-14H2,1-4H3. The molecule has 0 unspecified atom stereocenters. The Morgan fingerprint density at radius 2 is 1.71 bits per heavy atom. The number of benzene rings is 1. The van der Waals surface area contributed by atoms with E-state index < -0.39 is 28.9 Å². The van der Waals surface area contributed by atoms with Crippen LogP contribution in [0.3, 0.4) is 0 Å². The maximum absolute atomic E-state index is 13.2. The minimum absolute atomic E-state index is 0.121. The first-order valence-electron chi connectivity index (χ1n) is 10.3. The van der Waals surface area contributed by atoms with Crippen molar-refractivity contribution in [1.29, 1.82) is 0 Å². The van der Waals surface area contributed by atoms with Gasteiger partial charge in [0.05, 0.1) is 18.2 Å². The van der Waals surface area contributed by atoms with Crippen molar-refractivity contribution in [3.05, 3.63) is 34.9 Å². The molecule has 0 atom stereocenters. The highest BCUT2D eigenvalue weighted by atomic mass is 19.4. The van der Waals surface area contributed by atoms with E-state index in [1.54, 1.807) is 4.90 Å². The van der Waals surface area contributed by atoms with Gasteiger partial charge in [-0.25, -0.2) is 9.59 Å². The Kier molecular flexibility index (Phi) is 6.28. The maximum atomic E-state index is 13.2. The minimum atomic E-state index is -4.62. The second-order valence-electron chi connectivity index (χ2n) is 9.48. The van der Waals surface area contributed by atoms with Gasteiger partial charge in [-0.15, -0.1) is 0 Å². The first-order chi connectivity index (χ1) is 14.3. The van der Waals surface area contributed by atoms with E-state index in [0.29, 0.717) is 25.2 Å². The molecule has 0 saturated carbocycles. The third kappa shape index (κ3) is 5.50. The molecule has 1 aromatic rings. The van der Waals surface area contributed by atoms with Crippen molar-refractivity contribution in [2.75, 3.05) is 33.3 Å². The van der Waals surface area contributed by atoms with Crippen molar-refractivity contribution in [1.82, 2.24) is 9.80 Å². The number of alkyl halides is 3. The number of methoxy groups -OCH3 is 1. The van der Waals surface area contributed by atoms with Crippen LogP contribution in [0.2, 0.25) is 0 Å². The predicted octanol–water partition coefficient (Wildman–Crippen LogP) is 4.32. The van der Waals surface area contributed by atoms with E-state index in [1.807, 2.05) is 20.8 Å². The molecule has 0 aliphatic carbocycles. The number of esters is 1. The second-order valence-corrected chi connectivity index (χ2v) is 9.48. The van der Waals surface area contributed by atoms with Gasteiger partial charge in [0.1, 0.15) is 5.60 Å². The van der Waals surface area contributed by atoms with Gasteiger partial charge in [-0.3, -0.25) is 4.90 Å². The van der Waals surface area contributed by atoms with Crippen molar-refractivity contribution in [3.8, 4) is 0 Å². The maximum Gasteiger partial charge on any atom is 0.417 e. The largest absolute Gasteiger partial charge is 0.465 e. The van der Waals surface area contributed by atoms with E-state index in [2.05, 4.69) is 9.64 Å². The van der Waals surface area contributed by atoms with Crippen molar-refractivity contribution in [3.63, 3.8) is 0 Å². The van der Waals surface area contributed by atoms with E-state index >= 15 is 0 Å². The number of carbonyl (C=O) groups is 2. The predicted molar refractivity (Wildman–Crippen MR) is 108 cm³/mol. The SMILES string of the molecule is COC(=O)c1cc(CN2CC3(CCN(C(=O)OC(C)(C)C)CC3)C2)ccc1C(F)(F)F. The van der Waals surface area contributed by atoms with Crippen LogP contribution in [0.15, 0.2) is 18.2 Å². The molecule has 0 aromatic heterocycles. The molecule has 9 heteroatoms. The summed E-state index contributed by atoms with van der Waals surface area (Å²) in [6.07, 6.45) is -3.18. The Morgan fingerprint density at radius 1 is 1.10 bits per heavy atom. The lowest BCUT2D eigenvalue weighted by Crippen LogP contribution is -2.60. The summed E-state index contributed by atoms with van der Waals surface area (Å²) in [4.78, 5) is 27.9. The molecule has 172 valence electrons. The number of halogens is 3. The molecule has 1 amide bonds. The third-order valence-electron chi connectivity index (χ3n) is 5.79. The van der Waals surface area contributed by atoms with Crippen LogP contribution in [-0.2, 0) is 22.2 Å². The molecule has 1 spiro atoms. The molecule has 2 fully saturated rings. The van der Waals surface area contributed by atoms with Crippen molar-refractivity contribution in [2.24, 2.45) is 5.41 Å². The number of amides is 1. The van der Waals surface area contributed by atoms with E-state index in [0.717, 1.165) is 39.1 Å². The number of likely N-dealkylation sites (tertiary alicyclic amines) is 2. The third-order valence-corrected chi connectivity index (χ3v) is 5.79. The number of rotatable bonds is 3. The summed E-state index contributed by atoms with van der Waals surface area (Å²) in [6.45, 7) is 8.87. The van der Waals surface area contributed by atoms with Gasteiger partial charge in [-0.05, 0) is 56.7 Å². The fraction of sp³-hybridized carbons (Fsp3) is 0.636. The Morgan fingerprint density at radius 3 is 2.23 bits per heavy atom. The number of nitrogens with zero attached hydrogens (tertiary/aromatic N) is 2. The normalized spacial score (nSPS) is 19.1. The van der Waals surface area contributed by atoms with Gasteiger partial charge in [-0.1, -0.05) is 6.07 Å². The van der Waals surface area contributed by atoms with Gasteiger partial charge in [-0.2, -0.15) is 13.2 Å². The number of ether oxygens (including phenoxy) is 2. The Hall–Kier alpha value is -2.29. The molecule has 2 saturated heterocycles. The molecule has 6 nitrogen and oxygen atoms in total. The first-order valence-corrected chi connectivity index (χ1v) is 10.3. The van der Waals surface area contributed by atoms with Gasteiger partial charge in [0, 0.05) is 32.7 Å². The van der Waals surface area contributed by atoms with E-state index in [9.17, 15) is 22.8 Å². The molecule has 31 heavy (non-hydrogen) atoms. The average Bonchev–Trinajstić information content (AvgIpc) is 2.64. The summed E-state index contributed by atoms with van der Waals surface area (Å²) in [7, 11) is 1.07. The summed E-state index contributed by atoms with van der Waals surface area (Å²) in [5.41, 5.74) is -1.22. The van der Waals surface area contributed by atoms with Gasteiger partial charge in [0.2, 0.25) is 0 Å². The highest BCUT2D eigenvalue weighted by molar-refractivity contribution is 5.91. The Bertz CT molecular complexity index is 832. The highest BCUT2D eigenvalue weighted by Crippen LogP contribution is 2.41. The van der Waals surface area contributed by atoms with Crippen LogP contribution in [0.5, 0.6) is 0 Å². The van der Waals surface area contributed by atoms with Crippen LogP contribution >= 0.6 is 0 Å². The number of piperidine rings is 1. The summed E-state index contributed by atoms with van der Waals surface area (Å²) in [5, 5.41) is 0. The average molecular weight is 442 g/mol. The summed E-state index contributed by atoms with van der Waals surface area (Å²) >= 11 is 0.